The van der Waals surface area contributed by atoms with E-state index in [1.807, 2.05) is 92.3 Å². The average Bonchev–Trinajstić information content (AvgIpc) is 1.56. The first-order chi connectivity index (χ1) is 48.9. The quantitative estimate of drug-likeness (QED) is 0.0187. The van der Waals surface area contributed by atoms with Gasteiger partial charge in [0, 0.05) is 104 Å². The molecular weight excluding hydrogens is 1330 g/mol. The molecule has 4 amide bonds. The minimum atomic E-state index is -0.233. The predicted molar refractivity (Wildman–Crippen MR) is 426 cm³/mol. The number of thioether (sulfide) groups is 1. The van der Waals surface area contributed by atoms with Crippen LogP contribution in [0, 0.1) is 30.1 Å². The van der Waals surface area contributed by atoms with Crippen molar-refractivity contribution in [2.45, 2.75) is 268 Å². The van der Waals surface area contributed by atoms with Gasteiger partial charge in [-0.2, -0.15) is 11.8 Å². The number of urea groups is 1. The van der Waals surface area contributed by atoms with Crippen LogP contribution in [0.3, 0.4) is 0 Å². The number of ether oxygens (including phenoxy) is 4. The largest absolute Gasteiger partial charge is 0.457 e. The van der Waals surface area contributed by atoms with E-state index in [1.165, 1.54) is 16.7 Å². The van der Waals surface area contributed by atoms with Crippen molar-refractivity contribution in [3.63, 3.8) is 0 Å². The summed E-state index contributed by atoms with van der Waals surface area (Å²) in [6, 6.07) is 29.0. The second-order valence-corrected chi connectivity index (χ2v) is 34.3. The van der Waals surface area contributed by atoms with E-state index in [1.54, 1.807) is 12.1 Å². The summed E-state index contributed by atoms with van der Waals surface area (Å²) < 4.78 is 22.1. The van der Waals surface area contributed by atoms with Gasteiger partial charge in [-0.05, 0) is 153 Å². The number of aryl methyl sites for hydroxylation is 2. The van der Waals surface area contributed by atoms with Crippen LogP contribution in [0.25, 0.3) is 5.57 Å². The van der Waals surface area contributed by atoms with Crippen LogP contribution in [-0.2, 0) is 54.8 Å². The number of ketones is 5. The highest BCUT2D eigenvalue weighted by Gasteiger charge is 2.51. The van der Waals surface area contributed by atoms with Gasteiger partial charge in [-0.3, -0.25) is 33.6 Å². The Morgan fingerprint density at radius 3 is 1.55 bits per heavy atom. The van der Waals surface area contributed by atoms with Crippen molar-refractivity contribution in [2.24, 2.45) is 16.2 Å². The number of allylic oxidation sites excluding steroid dienone is 2. The summed E-state index contributed by atoms with van der Waals surface area (Å²) in [4.78, 5) is 96.1. The smallest absolute Gasteiger partial charge is 0.315 e. The predicted octanol–water partition coefficient (Wildman–Crippen LogP) is 19.4. The number of rotatable bonds is 38. The fourth-order valence-corrected chi connectivity index (χ4v) is 13.6. The van der Waals surface area contributed by atoms with Gasteiger partial charge in [0.2, 0.25) is 11.8 Å². The number of unbranched alkanes of at least 4 members (excludes halogenated alkanes) is 3. The molecule has 0 unspecified atom stereocenters. The SMILES string of the molecule is C=C1C=C(C)c2ccc(C(C)(C)C)cc2O1.CC(C)(C)CCCCC(=O)COCCOCCOCCCC(=O)c1ccc(CC(=O)CC[C@H]2SC[C@@]3(C)NC(=O)N[C@@H]23)cc1.Cc1ccccc1NC(=O)CCC(=O)CCCCC(C)(C)C.Cc1ccccc1NC(=O)CCC(=O)CCCCC(C)(C)C. The molecular formula is C87H128N4O12S. The topological polar surface area (TPSA) is 222 Å². The second-order valence-electron chi connectivity index (χ2n) is 33.1. The van der Waals surface area contributed by atoms with Crippen LogP contribution in [0.15, 0.2) is 109 Å². The van der Waals surface area contributed by atoms with Crippen molar-refractivity contribution in [1.29, 1.82) is 0 Å². The first kappa shape index (κ1) is 89.3. The van der Waals surface area contributed by atoms with Crippen LogP contribution in [0.5, 0.6) is 5.75 Å². The Hall–Kier alpha value is -7.05. The molecule has 4 aromatic rings. The van der Waals surface area contributed by atoms with Gasteiger partial charge in [0.05, 0.1) is 38.0 Å². The zero-order chi connectivity index (χ0) is 77.1. The molecule has 4 N–H and O–H groups in total. The van der Waals surface area contributed by atoms with Crippen LogP contribution in [0.2, 0.25) is 0 Å². The van der Waals surface area contributed by atoms with Gasteiger partial charge in [-0.25, -0.2) is 4.79 Å². The molecule has 0 aliphatic carbocycles. The average molecular weight is 1450 g/mol. The Labute approximate surface area is 628 Å². The Balaban J connectivity index is 0.000000320. The van der Waals surface area contributed by atoms with Gasteiger partial charge >= 0.3 is 6.03 Å². The summed E-state index contributed by atoms with van der Waals surface area (Å²) in [6.45, 7) is 40.7. The van der Waals surface area contributed by atoms with Crippen molar-refractivity contribution >= 4 is 75.5 Å². The normalized spacial score (nSPS) is 16.1. The molecule has 2 saturated heterocycles. The van der Waals surface area contributed by atoms with Gasteiger partial charge < -0.3 is 40.2 Å². The lowest BCUT2D eigenvalue weighted by molar-refractivity contribution is -0.124. The lowest BCUT2D eigenvalue weighted by atomic mass is 9.85. The number of benzene rings is 4. The number of carbonyl (C=O) groups is 8. The molecule has 3 atom stereocenters. The van der Waals surface area contributed by atoms with E-state index in [9.17, 15) is 38.4 Å². The van der Waals surface area contributed by atoms with Crippen molar-refractivity contribution in [3.05, 3.63) is 143 Å². The fourth-order valence-electron chi connectivity index (χ4n) is 12.0. The molecule has 16 nitrogen and oxygen atoms in total. The van der Waals surface area contributed by atoms with Gasteiger partial charge in [0.25, 0.3) is 0 Å². The monoisotopic (exact) mass is 1450 g/mol. The number of anilines is 2. The third-order valence-corrected chi connectivity index (χ3v) is 20.0. The molecule has 0 saturated carbocycles. The number of amides is 4. The molecule has 3 aliphatic heterocycles. The van der Waals surface area contributed by atoms with Gasteiger partial charge in [0.1, 0.15) is 35.5 Å². The summed E-state index contributed by atoms with van der Waals surface area (Å²) >= 11 is 1.81. The van der Waals surface area contributed by atoms with Crippen molar-refractivity contribution in [3.8, 4) is 5.75 Å². The summed E-state index contributed by atoms with van der Waals surface area (Å²) in [5.41, 5.74) is 9.80. The van der Waals surface area contributed by atoms with E-state index >= 15 is 0 Å². The third-order valence-electron chi connectivity index (χ3n) is 18.3. The van der Waals surface area contributed by atoms with Crippen molar-refractivity contribution < 1.29 is 57.3 Å². The van der Waals surface area contributed by atoms with Crippen molar-refractivity contribution in [1.82, 2.24) is 10.6 Å². The van der Waals surface area contributed by atoms with E-state index in [0.29, 0.717) is 113 Å². The summed E-state index contributed by atoms with van der Waals surface area (Å²) in [5, 5.41) is 12.0. The molecule has 0 aromatic heterocycles. The van der Waals surface area contributed by atoms with Gasteiger partial charge in [0.15, 0.2) is 11.6 Å². The highest BCUT2D eigenvalue weighted by molar-refractivity contribution is 8.00. The lowest BCUT2D eigenvalue weighted by Crippen LogP contribution is -2.47. The van der Waals surface area contributed by atoms with Crippen LogP contribution in [0.4, 0.5) is 16.2 Å². The molecule has 3 aliphatic rings. The minimum absolute atomic E-state index is 0.0529. The molecule has 17 heteroatoms. The van der Waals surface area contributed by atoms with Gasteiger partial charge in [-0.15, -0.1) is 0 Å². The number of hydrogen-bond donors (Lipinski definition) is 4. The molecule has 0 radical (unpaired) electrons. The Morgan fingerprint density at radius 2 is 1.05 bits per heavy atom. The maximum atomic E-state index is 12.6. The second kappa shape index (κ2) is 44.8. The molecule has 7 rings (SSSR count). The summed E-state index contributed by atoms with van der Waals surface area (Å²) in [6.07, 6.45) is 16.9. The summed E-state index contributed by atoms with van der Waals surface area (Å²) in [7, 11) is 0. The number of para-hydroxylation sites is 2. The number of hydrogen-bond acceptors (Lipinski definition) is 13. The number of nitrogens with one attached hydrogen (secondary N) is 4. The number of carbonyl (C=O) groups excluding carboxylic acids is 8. The zero-order valence-electron chi connectivity index (χ0n) is 66.2. The van der Waals surface area contributed by atoms with Crippen LogP contribution in [-0.4, -0.2) is 109 Å². The van der Waals surface area contributed by atoms with E-state index in [4.69, 9.17) is 18.9 Å². The number of fused-ring (bicyclic) bond motifs is 2. The molecule has 104 heavy (non-hydrogen) atoms. The van der Waals surface area contributed by atoms with Crippen LogP contribution in [0.1, 0.15) is 264 Å². The molecule has 0 spiro atoms. The molecule has 574 valence electrons. The minimum Gasteiger partial charge on any atom is -0.457 e. The maximum absolute atomic E-state index is 12.6. The van der Waals surface area contributed by atoms with E-state index in [-0.39, 0.29) is 88.5 Å². The standard InChI is InChI=1S/C34H52N2O7S.2C19H29NO2.C15H18O/c1-33(2,3)16-6-5-8-28(38)23-43-21-20-42-19-18-41-17-7-9-29(39)26-12-10-25(11-13-26)22-27(37)14-15-30-31-34(4,24-44-30)36-32(40)35-31;2*1-15-9-5-6-11-17(15)20-18(22)13-12-16(21)10-7-8-14-19(2,3)4;1-10-8-11(2)16-14-9-12(15(3,4)5)6-7-13(10)14/h10-13,30-31H,5-9,14-24H2,1-4H3,(H2,35,36,40);2*5-6,9,11H,7-8,10,12-14H2,1-4H3,(H,20,22);6-9H,2H2,1,3-5H3/t30-,31+,34-;;;/m1.../s1. The molecule has 0 bridgehead atoms. The molecule has 4 aromatic carbocycles. The Bertz CT molecular complexity index is 3340. The van der Waals surface area contributed by atoms with Gasteiger partial charge in [-0.1, -0.05) is 182 Å². The zero-order valence-corrected chi connectivity index (χ0v) is 67.0. The highest BCUT2D eigenvalue weighted by atomic mass is 32.2. The van der Waals surface area contributed by atoms with E-state index in [0.717, 1.165) is 110 Å². The van der Waals surface area contributed by atoms with Crippen LogP contribution < -0.4 is 26.0 Å². The summed E-state index contributed by atoms with van der Waals surface area (Å²) in [5.74, 6) is 3.06. The highest BCUT2D eigenvalue weighted by Crippen LogP contribution is 2.40. The van der Waals surface area contributed by atoms with E-state index in [2.05, 4.69) is 143 Å². The first-order valence-corrected chi connectivity index (χ1v) is 39.0. The van der Waals surface area contributed by atoms with E-state index < -0.39 is 0 Å². The molecule has 2 fully saturated rings. The third kappa shape index (κ3) is 37.3. The Kier molecular flexibility index (Phi) is 38.5. The lowest BCUT2D eigenvalue weighted by Gasteiger charge is -2.23. The molecule has 3 heterocycles. The van der Waals surface area contributed by atoms with Crippen LogP contribution >= 0.6 is 11.8 Å². The fraction of sp³-hybridized carbons (Fsp3) is 0.586. The van der Waals surface area contributed by atoms with Crippen molar-refractivity contribution in [2.75, 3.05) is 56.0 Å². The Morgan fingerprint density at radius 1 is 0.558 bits per heavy atom. The first-order valence-electron chi connectivity index (χ1n) is 37.9. The number of Topliss-reactive ketones (excluding diaryl/α,β-unsaturated/α-hetero) is 5. The maximum Gasteiger partial charge on any atom is 0.315 e.